The van der Waals surface area contributed by atoms with Gasteiger partial charge >= 0.3 is 5.97 Å². The van der Waals surface area contributed by atoms with Gasteiger partial charge in [0.25, 0.3) is 0 Å². The summed E-state index contributed by atoms with van der Waals surface area (Å²) in [4.78, 5) is 10.9. The predicted molar refractivity (Wildman–Crippen MR) is 54.1 cm³/mol. The van der Waals surface area contributed by atoms with Crippen molar-refractivity contribution in [2.45, 2.75) is 12.3 Å². The first-order chi connectivity index (χ1) is 7.22. The smallest absolute Gasteiger partial charge is 0.307 e. The molecule has 1 aromatic rings. The lowest BCUT2D eigenvalue weighted by atomic mass is 10.0. The average molecular weight is 204 g/mol. The van der Waals surface area contributed by atoms with Gasteiger partial charge in [-0.15, -0.1) is 0 Å². The molecule has 1 aromatic carbocycles. The van der Waals surface area contributed by atoms with Gasteiger partial charge < -0.3 is 9.84 Å². The molecule has 3 heteroatoms. The van der Waals surface area contributed by atoms with Gasteiger partial charge in [-0.1, -0.05) is 6.07 Å². The SMILES string of the molecule is COc1ccc2c(c1)C1C(C2)C1C(=O)O. The van der Waals surface area contributed by atoms with Crippen LogP contribution in [0.25, 0.3) is 0 Å². The van der Waals surface area contributed by atoms with Gasteiger partial charge in [0.2, 0.25) is 0 Å². The molecule has 0 amide bonds. The minimum absolute atomic E-state index is 0.149. The second-order valence-corrected chi connectivity index (χ2v) is 4.32. The second-order valence-electron chi connectivity index (χ2n) is 4.32. The van der Waals surface area contributed by atoms with Crippen LogP contribution in [-0.2, 0) is 11.2 Å². The summed E-state index contributed by atoms with van der Waals surface area (Å²) in [6.07, 6.45) is 0.918. The van der Waals surface area contributed by atoms with Crippen LogP contribution in [0.2, 0.25) is 0 Å². The zero-order chi connectivity index (χ0) is 10.6. The van der Waals surface area contributed by atoms with Crippen molar-refractivity contribution >= 4 is 5.97 Å². The van der Waals surface area contributed by atoms with E-state index in [0.29, 0.717) is 5.92 Å². The van der Waals surface area contributed by atoms with Crippen LogP contribution in [0.1, 0.15) is 17.0 Å². The van der Waals surface area contributed by atoms with E-state index in [0.717, 1.165) is 12.2 Å². The maximum atomic E-state index is 10.9. The van der Waals surface area contributed by atoms with Gasteiger partial charge in [0.15, 0.2) is 0 Å². The van der Waals surface area contributed by atoms with E-state index in [1.165, 1.54) is 11.1 Å². The summed E-state index contributed by atoms with van der Waals surface area (Å²) in [7, 11) is 1.63. The molecule has 0 aromatic heterocycles. The number of hydrogen-bond donors (Lipinski definition) is 1. The first-order valence-electron chi connectivity index (χ1n) is 5.12. The third-order valence-electron chi connectivity index (χ3n) is 3.62. The highest BCUT2D eigenvalue weighted by Crippen LogP contribution is 2.61. The number of hydrogen-bond acceptors (Lipinski definition) is 2. The van der Waals surface area contributed by atoms with E-state index in [-0.39, 0.29) is 11.8 Å². The van der Waals surface area contributed by atoms with E-state index < -0.39 is 5.97 Å². The topological polar surface area (TPSA) is 46.5 Å². The van der Waals surface area contributed by atoms with Crippen molar-refractivity contribution in [3.8, 4) is 5.75 Å². The number of benzene rings is 1. The number of methoxy groups -OCH3 is 1. The zero-order valence-electron chi connectivity index (χ0n) is 8.43. The van der Waals surface area contributed by atoms with E-state index in [1.807, 2.05) is 12.1 Å². The molecule has 0 spiro atoms. The molecular weight excluding hydrogens is 192 g/mol. The highest BCUT2D eigenvalue weighted by atomic mass is 16.5. The number of carboxylic acid groups (broad SMARTS) is 1. The summed E-state index contributed by atoms with van der Waals surface area (Å²) >= 11 is 0. The summed E-state index contributed by atoms with van der Waals surface area (Å²) < 4.78 is 5.15. The van der Waals surface area contributed by atoms with Gasteiger partial charge in [-0.25, -0.2) is 0 Å². The molecule has 0 radical (unpaired) electrons. The number of fused-ring (bicyclic) bond motifs is 3. The molecule has 3 atom stereocenters. The molecule has 3 rings (SSSR count). The van der Waals surface area contributed by atoms with E-state index in [4.69, 9.17) is 9.84 Å². The molecule has 0 heterocycles. The summed E-state index contributed by atoms with van der Waals surface area (Å²) in [6.45, 7) is 0. The van der Waals surface area contributed by atoms with Crippen LogP contribution < -0.4 is 4.74 Å². The van der Waals surface area contributed by atoms with Gasteiger partial charge in [0, 0.05) is 5.92 Å². The quantitative estimate of drug-likeness (QED) is 0.797. The zero-order valence-corrected chi connectivity index (χ0v) is 8.43. The Morgan fingerprint density at radius 2 is 2.33 bits per heavy atom. The van der Waals surface area contributed by atoms with Gasteiger partial charge in [0.1, 0.15) is 5.75 Å². The summed E-state index contributed by atoms with van der Waals surface area (Å²) in [5, 5.41) is 8.98. The molecule has 3 nitrogen and oxygen atoms in total. The number of carboxylic acids is 1. The molecule has 1 N–H and O–H groups in total. The second kappa shape index (κ2) is 2.75. The normalized spacial score (nSPS) is 30.6. The van der Waals surface area contributed by atoms with Crippen LogP contribution in [0.5, 0.6) is 5.75 Å². The lowest BCUT2D eigenvalue weighted by Gasteiger charge is -2.07. The number of aliphatic carboxylic acids is 1. The predicted octanol–water partition coefficient (Wildman–Crippen LogP) is 1.67. The van der Waals surface area contributed by atoms with Crippen LogP contribution in [0.3, 0.4) is 0 Å². The molecule has 2 aliphatic rings. The third-order valence-corrected chi connectivity index (χ3v) is 3.62. The lowest BCUT2D eigenvalue weighted by Crippen LogP contribution is -2.05. The first kappa shape index (κ1) is 8.77. The molecular formula is C12H12O3. The van der Waals surface area contributed by atoms with Crippen LogP contribution in [0.4, 0.5) is 0 Å². The highest BCUT2D eigenvalue weighted by molar-refractivity contribution is 5.78. The molecule has 0 saturated heterocycles. The van der Waals surface area contributed by atoms with E-state index in [1.54, 1.807) is 7.11 Å². The van der Waals surface area contributed by atoms with Gasteiger partial charge in [-0.3, -0.25) is 4.79 Å². The Bertz CT molecular complexity index is 438. The van der Waals surface area contributed by atoms with Crippen LogP contribution in [0.15, 0.2) is 18.2 Å². The Labute approximate surface area is 87.7 Å². The number of rotatable bonds is 2. The van der Waals surface area contributed by atoms with Crippen LogP contribution in [-0.4, -0.2) is 18.2 Å². The molecule has 0 bridgehead atoms. The maximum Gasteiger partial charge on any atom is 0.307 e. The van der Waals surface area contributed by atoms with Crippen LogP contribution in [0, 0.1) is 11.8 Å². The van der Waals surface area contributed by atoms with Crippen molar-refractivity contribution in [2.75, 3.05) is 7.11 Å². The van der Waals surface area contributed by atoms with E-state index in [9.17, 15) is 4.79 Å². The lowest BCUT2D eigenvalue weighted by molar-refractivity contribution is -0.139. The molecule has 0 aliphatic heterocycles. The largest absolute Gasteiger partial charge is 0.497 e. The maximum absolute atomic E-state index is 10.9. The van der Waals surface area contributed by atoms with Crippen LogP contribution >= 0.6 is 0 Å². The Morgan fingerprint density at radius 3 is 3.00 bits per heavy atom. The number of ether oxygens (including phenoxy) is 1. The minimum Gasteiger partial charge on any atom is -0.497 e. The van der Waals surface area contributed by atoms with Gasteiger partial charge in [-0.2, -0.15) is 0 Å². The highest BCUT2D eigenvalue weighted by Gasteiger charge is 2.59. The number of carbonyl (C=O) groups is 1. The Morgan fingerprint density at radius 1 is 1.53 bits per heavy atom. The molecule has 15 heavy (non-hydrogen) atoms. The van der Waals surface area contributed by atoms with Crippen molar-refractivity contribution in [1.82, 2.24) is 0 Å². The van der Waals surface area contributed by atoms with Gasteiger partial charge in [-0.05, 0) is 35.6 Å². The molecule has 3 unspecified atom stereocenters. The minimum atomic E-state index is -0.654. The summed E-state index contributed by atoms with van der Waals surface area (Å²) in [6, 6.07) is 5.99. The Balaban J connectivity index is 1.97. The van der Waals surface area contributed by atoms with Crippen molar-refractivity contribution in [3.05, 3.63) is 29.3 Å². The van der Waals surface area contributed by atoms with Gasteiger partial charge in [0.05, 0.1) is 13.0 Å². The fraction of sp³-hybridized carbons (Fsp3) is 0.417. The molecule has 1 fully saturated rings. The van der Waals surface area contributed by atoms with E-state index in [2.05, 4.69) is 6.07 Å². The Kier molecular flexibility index (Phi) is 1.61. The van der Waals surface area contributed by atoms with E-state index >= 15 is 0 Å². The molecule has 78 valence electrons. The summed E-state index contributed by atoms with van der Waals surface area (Å²) in [5.74, 6) is 0.603. The van der Waals surface area contributed by atoms with Crippen molar-refractivity contribution in [3.63, 3.8) is 0 Å². The molecule has 1 saturated carbocycles. The summed E-state index contributed by atoms with van der Waals surface area (Å²) in [5.41, 5.74) is 2.48. The monoisotopic (exact) mass is 204 g/mol. The van der Waals surface area contributed by atoms with Crippen molar-refractivity contribution < 1.29 is 14.6 Å². The van der Waals surface area contributed by atoms with Crippen molar-refractivity contribution in [2.24, 2.45) is 11.8 Å². The average Bonchev–Trinajstić information content (AvgIpc) is 2.83. The molecule has 2 aliphatic carbocycles. The third kappa shape index (κ3) is 1.09. The van der Waals surface area contributed by atoms with Crippen molar-refractivity contribution in [1.29, 1.82) is 0 Å². The first-order valence-corrected chi connectivity index (χ1v) is 5.12. The standard InChI is InChI=1S/C12H12O3/c1-15-7-3-2-6-4-9-10(8(6)5-7)11(9)12(13)14/h2-3,5,9-11H,4H2,1H3,(H,13,14). The Hall–Kier alpha value is -1.51. The fourth-order valence-corrected chi connectivity index (χ4v) is 2.84. The fourth-order valence-electron chi connectivity index (χ4n) is 2.84.